The summed E-state index contributed by atoms with van der Waals surface area (Å²) < 4.78 is 0. The van der Waals surface area contributed by atoms with E-state index in [1.54, 1.807) is 0 Å². The predicted octanol–water partition coefficient (Wildman–Crippen LogP) is 1.94. The van der Waals surface area contributed by atoms with Crippen LogP contribution in [0.15, 0.2) is 24.3 Å². The van der Waals surface area contributed by atoms with E-state index in [4.69, 9.17) is 10.2 Å². The highest BCUT2D eigenvalue weighted by atomic mass is 16.4. The van der Waals surface area contributed by atoms with Crippen LogP contribution in [0.4, 0.5) is 0 Å². The Morgan fingerprint density at radius 3 is 1.23 bits per heavy atom. The zero-order chi connectivity index (χ0) is 17.7. The quantitative estimate of drug-likeness (QED) is 0.600. The first-order valence-corrected chi connectivity index (χ1v) is 7.19. The van der Waals surface area contributed by atoms with Gasteiger partial charge in [-0.3, -0.25) is 0 Å². The zero-order valence-electron chi connectivity index (χ0n) is 14.3. The van der Waals surface area contributed by atoms with Gasteiger partial charge in [-0.15, -0.1) is 0 Å². The summed E-state index contributed by atoms with van der Waals surface area (Å²) in [6.45, 7) is 8.68. The van der Waals surface area contributed by atoms with Crippen molar-refractivity contribution in [2.24, 2.45) is 0 Å². The lowest BCUT2D eigenvalue weighted by atomic mass is 10.1. The fourth-order valence-electron chi connectivity index (χ4n) is 1.43. The number of aliphatic carboxylic acids is 2. The number of carboxylic acids is 2. The van der Waals surface area contributed by atoms with E-state index < -0.39 is 11.9 Å². The first kappa shape index (κ1) is 22.6. The molecular weight excluding hydrogens is 284 g/mol. The Morgan fingerprint density at radius 1 is 0.773 bits per heavy atom. The fraction of sp³-hybridized carbons (Fsp3) is 0.625. The van der Waals surface area contributed by atoms with Gasteiger partial charge in [-0.05, 0) is 67.0 Å². The molecule has 0 unspecified atom stereocenters. The van der Waals surface area contributed by atoms with Crippen molar-refractivity contribution < 1.29 is 19.8 Å². The first-order chi connectivity index (χ1) is 10.1. The smallest absolute Gasteiger partial charge is 0.330 e. The molecule has 0 heterocycles. The largest absolute Gasteiger partial charge is 0.478 e. The number of rotatable bonds is 10. The van der Waals surface area contributed by atoms with E-state index in [9.17, 15) is 9.59 Å². The van der Waals surface area contributed by atoms with Crippen molar-refractivity contribution in [2.75, 3.05) is 41.3 Å². The molecule has 0 atom stereocenters. The molecular formula is C16H30N2O4. The lowest BCUT2D eigenvalue weighted by Crippen LogP contribution is -2.13. The third-order valence-corrected chi connectivity index (χ3v) is 2.77. The summed E-state index contributed by atoms with van der Waals surface area (Å²) >= 11 is 0. The van der Waals surface area contributed by atoms with Crippen molar-refractivity contribution in [3.05, 3.63) is 24.3 Å². The van der Waals surface area contributed by atoms with Crippen LogP contribution in [0, 0.1) is 0 Å². The molecule has 6 nitrogen and oxygen atoms in total. The molecule has 0 saturated carbocycles. The van der Waals surface area contributed by atoms with E-state index in [0.29, 0.717) is 24.0 Å². The maximum atomic E-state index is 10.3. The standard InChI is InChI=1S/2C8H15NO2/c2*1-7(8(10)11)5-4-6-9(2)3/h2*1,4-6H2,2-3H3,(H,10,11). The second kappa shape index (κ2) is 13.0. The third-order valence-electron chi connectivity index (χ3n) is 2.77. The lowest BCUT2D eigenvalue weighted by Gasteiger charge is -2.08. The fourth-order valence-corrected chi connectivity index (χ4v) is 1.43. The van der Waals surface area contributed by atoms with Crippen LogP contribution < -0.4 is 0 Å². The molecule has 0 saturated heterocycles. The van der Waals surface area contributed by atoms with Crippen LogP contribution in [0.25, 0.3) is 0 Å². The Bertz CT molecular complexity index is 340. The molecule has 0 rings (SSSR count). The highest BCUT2D eigenvalue weighted by Gasteiger charge is 2.03. The predicted molar refractivity (Wildman–Crippen MR) is 89.1 cm³/mol. The van der Waals surface area contributed by atoms with E-state index in [1.807, 2.05) is 38.0 Å². The minimum absolute atomic E-state index is 0.298. The van der Waals surface area contributed by atoms with Crippen molar-refractivity contribution in [1.82, 2.24) is 9.80 Å². The third kappa shape index (κ3) is 16.4. The van der Waals surface area contributed by atoms with Crippen LogP contribution >= 0.6 is 0 Å². The van der Waals surface area contributed by atoms with Crippen molar-refractivity contribution in [1.29, 1.82) is 0 Å². The first-order valence-electron chi connectivity index (χ1n) is 7.19. The van der Waals surface area contributed by atoms with Crippen LogP contribution in [0.5, 0.6) is 0 Å². The van der Waals surface area contributed by atoms with Gasteiger partial charge in [-0.2, -0.15) is 0 Å². The topological polar surface area (TPSA) is 81.1 Å². The van der Waals surface area contributed by atoms with Gasteiger partial charge < -0.3 is 20.0 Å². The molecule has 6 heteroatoms. The van der Waals surface area contributed by atoms with E-state index in [0.717, 1.165) is 25.9 Å². The van der Waals surface area contributed by atoms with Crippen LogP contribution in [-0.4, -0.2) is 73.2 Å². The lowest BCUT2D eigenvalue weighted by molar-refractivity contribution is -0.133. The van der Waals surface area contributed by atoms with Crippen molar-refractivity contribution in [2.45, 2.75) is 25.7 Å². The Labute approximate surface area is 133 Å². The molecule has 0 aliphatic rings. The molecule has 0 aromatic rings. The SMILES string of the molecule is C=C(CCCN(C)C)C(=O)O.C=C(CCCN(C)C)C(=O)O. The van der Waals surface area contributed by atoms with E-state index in [-0.39, 0.29) is 0 Å². The molecule has 0 aliphatic heterocycles. The van der Waals surface area contributed by atoms with Crippen LogP contribution in [0.2, 0.25) is 0 Å². The molecule has 0 spiro atoms. The molecule has 0 amide bonds. The summed E-state index contributed by atoms with van der Waals surface area (Å²) in [5.41, 5.74) is 0.596. The van der Waals surface area contributed by atoms with Gasteiger partial charge in [0.15, 0.2) is 0 Å². The van der Waals surface area contributed by atoms with Crippen molar-refractivity contribution >= 4 is 11.9 Å². The summed E-state index contributed by atoms with van der Waals surface area (Å²) in [6.07, 6.45) is 2.87. The monoisotopic (exact) mass is 314 g/mol. The van der Waals surface area contributed by atoms with Gasteiger partial charge in [-0.25, -0.2) is 9.59 Å². The minimum atomic E-state index is -0.885. The number of hydrogen-bond donors (Lipinski definition) is 2. The molecule has 0 aromatic heterocycles. The molecule has 0 aliphatic carbocycles. The van der Waals surface area contributed by atoms with Crippen LogP contribution in [0.1, 0.15) is 25.7 Å². The summed E-state index contributed by atoms with van der Waals surface area (Å²) in [5, 5.41) is 16.9. The molecule has 0 bridgehead atoms. The Morgan fingerprint density at radius 2 is 1.05 bits per heavy atom. The van der Waals surface area contributed by atoms with Gasteiger partial charge >= 0.3 is 11.9 Å². The molecule has 0 aromatic carbocycles. The molecule has 0 fully saturated rings. The molecule has 0 radical (unpaired) electrons. The van der Waals surface area contributed by atoms with Crippen LogP contribution in [-0.2, 0) is 9.59 Å². The van der Waals surface area contributed by atoms with Crippen molar-refractivity contribution in [3.63, 3.8) is 0 Å². The van der Waals surface area contributed by atoms with E-state index in [1.165, 1.54) is 0 Å². The second-order valence-corrected chi connectivity index (χ2v) is 5.63. The zero-order valence-corrected chi connectivity index (χ0v) is 14.3. The normalized spacial score (nSPS) is 10.1. The highest BCUT2D eigenvalue weighted by Crippen LogP contribution is 2.02. The second-order valence-electron chi connectivity index (χ2n) is 5.63. The summed E-state index contributed by atoms with van der Waals surface area (Å²) in [5.74, 6) is -1.77. The summed E-state index contributed by atoms with van der Waals surface area (Å²) in [7, 11) is 7.85. The van der Waals surface area contributed by atoms with E-state index >= 15 is 0 Å². The number of nitrogens with zero attached hydrogens (tertiary/aromatic N) is 2. The Hall–Kier alpha value is -1.66. The molecule has 128 valence electrons. The van der Waals surface area contributed by atoms with Gasteiger partial charge in [0.2, 0.25) is 0 Å². The van der Waals surface area contributed by atoms with Gasteiger partial charge in [0, 0.05) is 11.1 Å². The van der Waals surface area contributed by atoms with Crippen molar-refractivity contribution in [3.8, 4) is 0 Å². The van der Waals surface area contributed by atoms with E-state index in [2.05, 4.69) is 13.2 Å². The number of carboxylic acid groups (broad SMARTS) is 2. The highest BCUT2D eigenvalue weighted by molar-refractivity contribution is 5.85. The number of carbonyl (C=O) groups is 2. The van der Waals surface area contributed by atoms with Gasteiger partial charge in [0.1, 0.15) is 0 Å². The summed E-state index contributed by atoms with van der Waals surface area (Å²) in [4.78, 5) is 24.6. The average molecular weight is 314 g/mol. The maximum Gasteiger partial charge on any atom is 0.330 e. The Balaban J connectivity index is 0. The number of hydrogen-bond acceptors (Lipinski definition) is 4. The van der Waals surface area contributed by atoms with Crippen LogP contribution in [0.3, 0.4) is 0 Å². The molecule has 2 N–H and O–H groups in total. The Kier molecular flexibility index (Phi) is 13.4. The average Bonchev–Trinajstić information content (AvgIpc) is 2.38. The minimum Gasteiger partial charge on any atom is -0.478 e. The van der Waals surface area contributed by atoms with Gasteiger partial charge in [0.25, 0.3) is 0 Å². The summed E-state index contributed by atoms with van der Waals surface area (Å²) in [6, 6.07) is 0. The maximum absolute atomic E-state index is 10.3. The van der Waals surface area contributed by atoms with Gasteiger partial charge in [0.05, 0.1) is 0 Å². The van der Waals surface area contributed by atoms with Gasteiger partial charge in [-0.1, -0.05) is 13.2 Å². The molecule has 22 heavy (non-hydrogen) atoms.